The Bertz CT molecular complexity index is 363. The zero-order valence-electron chi connectivity index (χ0n) is 9.43. The molecule has 0 amide bonds. The average molecular weight is 226 g/mol. The summed E-state index contributed by atoms with van der Waals surface area (Å²) in [6.07, 6.45) is -0.777. The lowest BCUT2D eigenvalue weighted by molar-refractivity contribution is -0.150. The fourth-order valence-electron chi connectivity index (χ4n) is 0.996. The fourth-order valence-corrected chi connectivity index (χ4v) is 0.996. The lowest BCUT2D eigenvalue weighted by atomic mass is 10.4. The fraction of sp³-hybridized carbons (Fsp3) is 0.556. The normalized spacial score (nSPS) is 11.9. The topological polar surface area (TPSA) is 100 Å². The third kappa shape index (κ3) is 3.34. The summed E-state index contributed by atoms with van der Waals surface area (Å²) in [4.78, 5) is 22.7. The molecule has 16 heavy (non-hydrogen) atoms. The molecule has 1 rings (SSSR count). The van der Waals surface area contributed by atoms with Gasteiger partial charge in [0.25, 0.3) is 0 Å². The summed E-state index contributed by atoms with van der Waals surface area (Å²) in [6.45, 7) is 5.22. The van der Waals surface area contributed by atoms with Crippen LogP contribution >= 0.6 is 0 Å². The monoisotopic (exact) mass is 226 g/mol. The highest BCUT2D eigenvalue weighted by Gasteiger charge is 2.17. The van der Waals surface area contributed by atoms with Gasteiger partial charge in [-0.3, -0.25) is 0 Å². The number of aryl methyl sites for hydroxylation is 1. The van der Waals surface area contributed by atoms with Gasteiger partial charge in [-0.25, -0.2) is 4.79 Å². The quantitative estimate of drug-likeness (QED) is 0.726. The first-order valence-electron chi connectivity index (χ1n) is 4.84. The second-order valence-corrected chi connectivity index (χ2v) is 3.04. The van der Waals surface area contributed by atoms with E-state index in [2.05, 4.69) is 15.0 Å². The molecule has 0 bridgehead atoms. The van der Waals surface area contributed by atoms with Crippen molar-refractivity contribution < 1.29 is 14.3 Å². The van der Waals surface area contributed by atoms with Gasteiger partial charge >= 0.3 is 12.0 Å². The van der Waals surface area contributed by atoms with E-state index < -0.39 is 12.1 Å². The maximum atomic E-state index is 11.3. The number of ether oxygens (including phenoxy) is 2. The minimum atomic E-state index is -0.777. The summed E-state index contributed by atoms with van der Waals surface area (Å²) in [5.74, 6) is 0.0104. The van der Waals surface area contributed by atoms with Gasteiger partial charge in [-0.2, -0.15) is 15.0 Å². The average Bonchev–Trinajstić information content (AvgIpc) is 2.16. The molecule has 0 spiro atoms. The van der Waals surface area contributed by atoms with Crippen LogP contribution in [0.25, 0.3) is 0 Å². The molecule has 2 N–H and O–H groups in total. The van der Waals surface area contributed by atoms with Gasteiger partial charge in [0.2, 0.25) is 5.95 Å². The van der Waals surface area contributed by atoms with Crippen molar-refractivity contribution in [1.82, 2.24) is 15.0 Å². The lowest BCUT2D eigenvalue weighted by Gasteiger charge is -2.11. The number of nitrogens with two attached hydrogens (primary N) is 1. The van der Waals surface area contributed by atoms with Gasteiger partial charge in [0.05, 0.1) is 6.61 Å². The number of hydrogen-bond acceptors (Lipinski definition) is 7. The van der Waals surface area contributed by atoms with Crippen LogP contribution in [0.2, 0.25) is 0 Å². The molecular weight excluding hydrogens is 212 g/mol. The Balaban J connectivity index is 2.69. The third-order valence-electron chi connectivity index (χ3n) is 1.64. The largest absolute Gasteiger partial charge is 0.463 e. The van der Waals surface area contributed by atoms with Crippen LogP contribution in [0.15, 0.2) is 0 Å². The Morgan fingerprint density at radius 3 is 2.69 bits per heavy atom. The van der Waals surface area contributed by atoms with Crippen LogP contribution < -0.4 is 10.5 Å². The number of anilines is 1. The highest BCUT2D eigenvalue weighted by atomic mass is 16.6. The Hall–Kier alpha value is -1.92. The molecule has 1 atom stereocenters. The summed E-state index contributed by atoms with van der Waals surface area (Å²) < 4.78 is 9.94. The molecule has 0 radical (unpaired) electrons. The van der Waals surface area contributed by atoms with Gasteiger partial charge < -0.3 is 15.2 Å². The third-order valence-corrected chi connectivity index (χ3v) is 1.64. The second-order valence-electron chi connectivity index (χ2n) is 3.04. The van der Waals surface area contributed by atoms with Crippen LogP contribution in [0.1, 0.15) is 19.7 Å². The molecule has 1 unspecified atom stereocenters. The minimum absolute atomic E-state index is 0.0190. The first kappa shape index (κ1) is 12.2. The number of nitrogens with zero attached hydrogens (tertiary/aromatic N) is 3. The molecule has 1 aromatic heterocycles. The Morgan fingerprint density at radius 2 is 2.12 bits per heavy atom. The summed E-state index contributed by atoms with van der Waals surface area (Å²) in [5, 5.41) is 0. The number of nitrogen functional groups attached to an aromatic ring is 1. The van der Waals surface area contributed by atoms with Crippen molar-refractivity contribution >= 4 is 11.9 Å². The molecule has 1 heterocycles. The Morgan fingerprint density at radius 1 is 1.44 bits per heavy atom. The highest BCUT2D eigenvalue weighted by Crippen LogP contribution is 2.07. The molecule has 0 aliphatic carbocycles. The van der Waals surface area contributed by atoms with Gasteiger partial charge in [0.1, 0.15) is 5.82 Å². The first-order valence-corrected chi connectivity index (χ1v) is 4.84. The van der Waals surface area contributed by atoms with Gasteiger partial charge in [-0.1, -0.05) is 0 Å². The van der Waals surface area contributed by atoms with Gasteiger partial charge in [-0.05, 0) is 20.8 Å². The number of esters is 1. The predicted octanol–water partition coefficient (Wildman–Crippen LogP) is 0.0926. The molecule has 1 aromatic rings. The van der Waals surface area contributed by atoms with E-state index in [0.717, 1.165) is 0 Å². The molecule has 0 saturated carbocycles. The van der Waals surface area contributed by atoms with Crippen molar-refractivity contribution in [2.24, 2.45) is 0 Å². The number of carbonyl (C=O) groups is 1. The molecule has 88 valence electrons. The van der Waals surface area contributed by atoms with Crippen molar-refractivity contribution in [3.05, 3.63) is 5.82 Å². The lowest BCUT2D eigenvalue weighted by Crippen LogP contribution is -2.27. The molecule has 0 fully saturated rings. The second kappa shape index (κ2) is 5.24. The number of rotatable bonds is 4. The summed E-state index contributed by atoms with van der Waals surface area (Å²) in [7, 11) is 0. The predicted molar refractivity (Wildman–Crippen MR) is 55.7 cm³/mol. The van der Waals surface area contributed by atoms with Crippen molar-refractivity contribution in [3.8, 4) is 6.01 Å². The minimum Gasteiger partial charge on any atom is -0.463 e. The summed E-state index contributed by atoms with van der Waals surface area (Å²) in [5.41, 5.74) is 5.41. The van der Waals surface area contributed by atoms with Crippen molar-refractivity contribution in [2.45, 2.75) is 26.9 Å². The SMILES string of the molecule is CCOC(=O)C(C)Oc1nc(C)nc(N)n1. The summed E-state index contributed by atoms with van der Waals surface area (Å²) in [6, 6.07) is 0.0190. The van der Waals surface area contributed by atoms with Gasteiger partial charge in [0, 0.05) is 0 Å². The van der Waals surface area contributed by atoms with E-state index in [0.29, 0.717) is 12.4 Å². The molecular formula is C9H14N4O3. The van der Waals surface area contributed by atoms with E-state index in [1.165, 1.54) is 0 Å². The van der Waals surface area contributed by atoms with Gasteiger partial charge in [-0.15, -0.1) is 0 Å². The van der Waals surface area contributed by atoms with E-state index in [1.807, 2.05) is 0 Å². The zero-order chi connectivity index (χ0) is 12.1. The molecule has 0 saturated heterocycles. The van der Waals surface area contributed by atoms with Crippen LogP contribution in [0.3, 0.4) is 0 Å². The summed E-state index contributed by atoms with van der Waals surface area (Å²) >= 11 is 0. The van der Waals surface area contributed by atoms with E-state index in [4.69, 9.17) is 15.2 Å². The highest BCUT2D eigenvalue weighted by molar-refractivity contribution is 5.74. The van der Waals surface area contributed by atoms with Gasteiger partial charge in [0.15, 0.2) is 6.10 Å². The first-order chi connectivity index (χ1) is 7.52. The molecule has 7 nitrogen and oxygen atoms in total. The van der Waals surface area contributed by atoms with E-state index >= 15 is 0 Å². The van der Waals surface area contributed by atoms with Crippen LogP contribution in [0.4, 0.5) is 5.95 Å². The zero-order valence-corrected chi connectivity index (χ0v) is 9.43. The number of hydrogen-bond donors (Lipinski definition) is 1. The Kier molecular flexibility index (Phi) is 3.98. The number of aromatic nitrogens is 3. The van der Waals surface area contributed by atoms with Crippen LogP contribution in [0.5, 0.6) is 6.01 Å². The molecule has 0 aliphatic rings. The number of carbonyl (C=O) groups excluding carboxylic acids is 1. The molecule has 7 heteroatoms. The Labute approximate surface area is 93.0 Å². The van der Waals surface area contributed by atoms with Crippen LogP contribution in [-0.2, 0) is 9.53 Å². The van der Waals surface area contributed by atoms with Crippen LogP contribution in [0, 0.1) is 6.92 Å². The van der Waals surface area contributed by atoms with Crippen molar-refractivity contribution in [3.63, 3.8) is 0 Å². The maximum Gasteiger partial charge on any atom is 0.347 e. The van der Waals surface area contributed by atoms with E-state index in [-0.39, 0.29) is 12.0 Å². The smallest absolute Gasteiger partial charge is 0.347 e. The molecule has 0 aromatic carbocycles. The van der Waals surface area contributed by atoms with Crippen LogP contribution in [-0.4, -0.2) is 33.6 Å². The van der Waals surface area contributed by atoms with E-state index in [1.54, 1.807) is 20.8 Å². The maximum absolute atomic E-state index is 11.3. The standard InChI is InChI=1S/C9H14N4O3/c1-4-15-7(14)5(2)16-9-12-6(3)11-8(10)13-9/h5H,4H2,1-3H3,(H2,10,11,12,13). The van der Waals surface area contributed by atoms with Crippen molar-refractivity contribution in [2.75, 3.05) is 12.3 Å². The molecule has 0 aliphatic heterocycles. The van der Waals surface area contributed by atoms with Crippen molar-refractivity contribution in [1.29, 1.82) is 0 Å². The van der Waals surface area contributed by atoms with E-state index in [9.17, 15) is 4.79 Å².